The molecule has 192 valence electrons. The summed E-state index contributed by atoms with van der Waals surface area (Å²) in [6.45, 7) is 9.22. The van der Waals surface area contributed by atoms with Crippen LogP contribution in [-0.4, -0.2) is 64.3 Å². The molecule has 0 bridgehead atoms. The van der Waals surface area contributed by atoms with Crippen LogP contribution >= 0.6 is 11.3 Å². The molecule has 0 aliphatic carbocycles. The highest BCUT2D eigenvalue weighted by Gasteiger charge is 2.38. The zero-order valence-electron chi connectivity index (χ0n) is 21.0. The van der Waals surface area contributed by atoms with E-state index in [2.05, 4.69) is 20.9 Å². The summed E-state index contributed by atoms with van der Waals surface area (Å²) in [5, 5.41) is 12.4. The Kier molecular flexibility index (Phi) is 7.70. The SMILES string of the molecule is Cc1nc(C(=O)NC(C)C)sc1C(=O)NC[C@@H](C)C(=O)N[C@@H]1C(=O)N2CCCN2Cc2ccccc21. The number of hydrogen-bond acceptors (Lipinski definition) is 7. The number of amides is 4. The number of benzene rings is 1. The van der Waals surface area contributed by atoms with E-state index >= 15 is 0 Å². The molecule has 3 heterocycles. The normalized spacial score (nSPS) is 18.3. The number of nitrogens with one attached hydrogen (secondary N) is 3. The number of nitrogens with zero attached hydrogens (tertiary/aromatic N) is 3. The molecular formula is C25H32N6O4S. The first-order valence-corrected chi connectivity index (χ1v) is 13.0. The number of hydrazine groups is 1. The molecule has 10 nitrogen and oxygen atoms in total. The number of hydrogen-bond donors (Lipinski definition) is 3. The highest BCUT2D eigenvalue weighted by molar-refractivity contribution is 7.15. The summed E-state index contributed by atoms with van der Waals surface area (Å²) in [5.41, 5.74) is 2.27. The molecule has 0 radical (unpaired) electrons. The third-order valence-corrected chi connectivity index (χ3v) is 7.42. The topological polar surface area (TPSA) is 124 Å². The molecule has 2 atom stereocenters. The van der Waals surface area contributed by atoms with Crippen LogP contribution in [0.5, 0.6) is 0 Å². The fourth-order valence-electron chi connectivity index (χ4n) is 4.39. The standard InChI is InChI=1S/C25H32N6O4S/c1-14(2)27-23(34)24-28-16(4)20(36-24)22(33)26-12-15(3)21(32)29-19-18-9-6-5-8-17(18)13-30-10-7-11-31(30)25(19)35/h5-6,8-9,14-15,19H,7,10-13H2,1-4H3,(H,26,33)(H,27,34)(H,29,32)/t15-,19+/m1/s1. The van der Waals surface area contributed by atoms with E-state index in [0.717, 1.165) is 35.4 Å². The quantitative estimate of drug-likeness (QED) is 0.520. The average Bonchev–Trinajstić information content (AvgIpc) is 3.44. The number of thiazole rings is 1. The minimum atomic E-state index is -0.777. The number of aromatic nitrogens is 1. The van der Waals surface area contributed by atoms with Crippen LogP contribution in [0, 0.1) is 12.8 Å². The Morgan fingerprint density at radius 1 is 1.14 bits per heavy atom. The number of aryl methyl sites for hydroxylation is 1. The summed E-state index contributed by atoms with van der Waals surface area (Å²) in [6, 6.07) is 6.85. The second kappa shape index (κ2) is 10.8. The van der Waals surface area contributed by atoms with Crippen LogP contribution in [0.3, 0.4) is 0 Å². The molecule has 4 rings (SSSR count). The van der Waals surface area contributed by atoms with Crippen molar-refractivity contribution in [1.29, 1.82) is 0 Å². The van der Waals surface area contributed by atoms with Gasteiger partial charge in [-0.25, -0.2) is 9.99 Å². The average molecular weight is 513 g/mol. The van der Waals surface area contributed by atoms with Crippen molar-refractivity contribution in [3.05, 3.63) is 51.0 Å². The van der Waals surface area contributed by atoms with Crippen LogP contribution in [0.25, 0.3) is 0 Å². The minimum absolute atomic E-state index is 0.0424. The molecule has 2 aliphatic rings. The maximum Gasteiger partial charge on any atom is 0.280 e. The molecule has 0 spiro atoms. The smallest absolute Gasteiger partial charge is 0.280 e. The summed E-state index contributed by atoms with van der Waals surface area (Å²) in [4.78, 5) is 55.9. The Hall–Kier alpha value is -3.31. The zero-order valence-corrected chi connectivity index (χ0v) is 21.8. The molecule has 0 unspecified atom stereocenters. The molecule has 1 fully saturated rings. The molecule has 2 aliphatic heterocycles. The second-order valence-electron chi connectivity index (χ2n) is 9.52. The zero-order chi connectivity index (χ0) is 26.0. The summed E-state index contributed by atoms with van der Waals surface area (Å²) in [6.07, 6.45) is 0.898. The number of carbonyl (C=O) groups excluding carboxylic acids is 4. The van der Waals surface area contributed by atoms with E-state index in [-0.39, 0.29) is 35.3 Å². The lowest BCUT2D eigenvalue weighted by atomic mass is 9.99. The Morgan fingerprint density at radius 2 is 1.89 bits per heavy atom. The van der Waals surface area contributed by atoms with Gasteiger partial charge in [0.25, 0.3) is 17.7 Å². The van der Waals surface area contributed by atoms with Gasteiger partial charge in [-0.3, -0.25) is 24.2 Å². The number of carbonyl (C=O) groups is 4. The van der Waals surface area contributed by atoms with Crippen LogP contribution in [-0.2, 0) is 16.1 Å². The van der Waals surface area contributed by atoms with Crippen molar-refractivity contribution in [2.24, 2.45) is 5.92 Å². The monoisotopic (exact) mass is 512 g/mol. The van der Waals surface area contributed by atoms with Gasteiger partial charge in [0.2, 0.25) is 5.91 Å². The van der Waals surface area contributed by atoms with Crippen molar-refractivity contribution < 1.29 is 19.2 Å². The summed E-state index contributed by atoms with van der Waals surface area (Å²) < 4.78 is 0. The predicted molar refractivity (Wildman–Crippen MR) is 135 cm³/mol. The predicted octanol–water partition coefficient (Wildman–Crippen LogP) is 1.78. The first-order valence-electron chi connectivity index (χ1n) is 12.2. The van der Waals surface area contributed by atoms with Gasteiger partial charge in [0, 0.05) is 32.2 Å². The van der Waals surface area contributed by atoms with Gasteiger partial charge in [-0.15, -0.1) is 11.3 Å². The lowest BCUT2D eigenvalue weighted by Crippen LogP contribution is -2.47. The van der Waals surface area contributed by atoms with Crippen LogP contribution < -0.4 is 16.0 Å². The van der Waals surface area contributed by atoms with Gasteiger partial charge in [-0.1, -0.05) is 31.2 Å². The van der Waals surface area contributed by atoms with E-state index in [4.69, 9.17) is 0 Å². The van der Waals surface area contributed by atoms with Crippen LogP contribution in [0.1, 0.15) is 69.5 Å². The van der Waals surface area contributed by atoms with Crippen LogP contribution in [0.4, 0.5) is 0 Å². The lowest BCUT2D eigenvalue weighted by Gasteiger charge is -2.28. The maximum absolute atomic E-state index is 13.3. The highest BCUT2D eigenvalue weighted by atomic mass is 32.1. The van der Waals surface area contributed by atoms with Crippen molar-refractivity contribution in [2.45, 2.75) is 52.7 Å². The van der Waals surface area contributed by atoms with E-state index in [0.29, 0.717) is 23.7 Å². The van der Waals surface area contributed by atoms with E-state index < -0.39 is 17.9 Å². The third kappa shape index (κ3) is 5.41. The van der Waals surface area contributed by atoms with Gasteiger partial charge in [-0.05, 0) is 38.3 Å². The van der Waals surface area contributed by atoms with Gasteiger partial charge < -0.3 is 16.0 Å². The van der Waals surface area contributed by atoms with E-state index in [1.165, 1.54) is 0 Å². The molecule has 2 aromatic rings. The molecule has 3 N–H and O–H groups in total. The Bertz CT molecular complexity index is 1180. The summed E-state index contributed by atoms with van der Waals surface area (Å²) in [7, 11) is 0. The van der Waals surface area contributed by atoms with E-state index in [1.54, 1.807) is 18.9 Å². The number of rotatable bonds is 7. The number of fused-ring (bicyclic) bond motifs is 2. The molecule has 1 saturated heterocycles. The van der Waals surface area contributed by atoms with Gasteiger partial charge >= 0.3 is 0 Å². The molecule has 0 saturated carbocycles. The van der Waals surface area contributed by atoms with E-state index in [9.17, 15) is 19.2 Å². The molecule has 1 aromatic carbocycles. The van der Waals surface area contributed by atoms with Gasteiger partial charge in [0.05, 0.1) is 11.6 Å². The summed E-state index contributed by atoms with van der Waals surface area (Å²) in [5.74, 6) is -1.76. The van der Waals surface area contributed by atoms with E-state index in [1.807, 2.05) is 43.1 Å². The molecule has 36 heavy (non-hydrogen) atoms. The fraction of sp³-hybridized carbons (Fsp3) is 0.480. The minimum Gasteiger partial charge on any atom is -0.350 e. The lowest BCUT2D eigenvalue weighted by molar-refractivity contribution is -0.148. The first-order chi connectivity index (χ1) is 17.2. The second-order valence-corrected chi connectivity index (χ2v) is 10.5. The van der Waals surface area contributed by atoms with Gasteiger partial charge in [0.15, 0.2) is 5.01 Å². The Morgan fingerprint density at radius 3 is 2.64 bits per heavy atom. The third-order valence-electron chi connectivity index (χ3n) is 6.27. The van der Waals surface area contributed by atoms with Crippen molar-refractivity contribution in [1.82, 2.24) is 31.0 Å². The molecule has 1 aromatic heterocycles. The van der Waals surface area contributed by atoms with Crippen molar-refractivity contribution in [2.75, 3.05) is 19.6 Å². The van der Waals surface area contributed by atoms with Crippen molar-refractivity contribution >= 4 is 35.0 Å². The molecule has 11 heteroatoms. The fourth-order valence-corrected chi connectivity index (χ4v) is 5.27. The van der Waals surface area contributed by atoms with Gasteiger partial charge in [-0.2, -0.15) is 0 Å². The van der Waals surface area contributed by atoms with Crippen LogP contribution in [0.2, 0.25) is 0 Å². The largest absolute Gasteiger partial charge is 0.350 e. The van der Waals surface area contributed by atoms with Gasteiger partial charge in [0.1, 0.15) is 10.9 Å². The Labute approximate surface area is 214 Å². The Balaban J connectivity index is 1.40. The summed E-state index contributed by atoms with van der Waals surface area (Å²) >= 11 is 1.02. The van der Waals surface area contributed by atoms with Crippen molar-refractivity contribution in [3.63, 3.8) is 0 Å². The molecular weight excluding hydrogens is 480 g/mol. The molecule has 4 amide bonds. The maximum atomic E-state index is 13.3. The first kappa shape index (κ1) is 25.8. The highest BCUT2D eigenvalue weighted by Crippen LogP contribution is 2.29. The van der Waals surface area contributed by atoms with Crippen molar-refractivity contribution in [3.8, 4) is 0 Å². The van der Waals surface area contributed by atoms with Crippen LogP contribution in [0.15, 0.2) is 24.3 Å².